The van der Waals surface area contributed by atoms with Crippen molar-refractivity contribution in [2.45, 2.75) is 26.9 Å². The van der Waals surface area contributed by atoms with Crippen molar-refractivity contribution in [2.24, 2.45) is 0 Å². The third kappa shape index (κ3) is 5.36. The summed E-state index contributed by atoms with van der Waals surface area (Å²) in [5, 5.41) is 2.87. The van der Waals surface area contributed by atoms with E-state index in [9.17, 15) is 18.0 Å². The van der Waals surface area contributed by atoms with Crippen molar-refractivity contribution in [2.75, 3.05) is 13.7 Å². The number of para-hydroxylation sites is 1. The summed E-state index contributed by atoms with van der Waals surface area (Å²) in [5.41, 5.74) is 2.45. The number of sulfonamides is 1. The number of hydrogen-bond acceptors (Lipinski definition) is 6. The lowest BCUT2D eigenvalue weighted by molar-refractivity contribution is -0.122. The van der Waals surface area contributed by atoms with Gasteiger partial charge in [-0.25, -0.2) is 12.7 Å². The summed E-state index contributed by atoms with van der Waals surface area (Å²) in [6.45, 7) is 4.10. The summed E-state index contributed by atoms with van der Waals surface area (Å²) in [7, 11) is -2.52. The van der Waals surface area contributed by atoms with Crippen molar-refractivity contribution in [1.29, 1.82) is 0 Å². The monoisotopic (exact) mass is 520 g/mol. The normalized spacial score (nSPS) is 14.6. The van der Waals surface area contributed by atoms with E-state index in [0.717, 1.165) is 15.6 Å². The number of hydrogen-bond donors (Lipinski definition) is 1. The molecule has 192 valence electrons. The highest BCUT2D eigenvalue weighted by atomic mass is 32.2. The second-order valence-electron chi connectivity index (χ2n) is 8.42. The number of nitrogens with zero attached hydrogens (tertiary/aromatic N) is 1. The lowest BCUT2D eigenvalue weighted by Crippen LogP contribution is -2.31. The molecular weight excluding hydrogens is 492 g/mol. The van der Waals surface area contributed by atoms with Crippen LogP contribution in [0.5, 0.6) is 11.5 Å². The van der Waals surface area contributed by atoms with Crippen molar-refractivity contribution >= 4 is 26.7 Å². The molecule has 9 heteroatoms. The van der Waals surface area contributed by atoms with E-state index < -0.39 is 15.9 Å². The van der Waals surface area contributed by atoms with E-state index in [1.165, 1.54) is 14.0 Å². The number of ether oxygens (including phenoxy) is 2. The van der Waals surface area contributed by atoms with E-state index in [2.05, 4.69) is 5.32 Å². The van der Waals surface area contributed by atoms with Crippen LogP contribution < -0.4 is 14.8 Å². The second kappa shape index (κ2) is 10.9. The van der Waals surface area contributed by atoms with Gasteiger partial charge in [0.25, 0.3) is 21.8 Å². The highest BCUT2D eigenvalue weighted by Gasteiger charge is 2.42. The van der Waals surface area contributed by atoms with E-state index in [-0.39, 0.29) is 22.9 Å². The van der Waals surface area contributed by atoms with Gasteiger partial charge in [0.1, 0.15) is 16.4 Å². The van der Waals surface area contributed by atoms with Gasteiger partial charge in [0.2, 0.25) is 0 Å². The Hall–Kier alpha value is -4.11. The van der Waals surface area contributed by atoms with E-state index in [1.54, 1.807) is 48.5 Å². The minimum absolute atomic E-state index is 0.0107. The first-order chi connectivity index (χ1) is 17.8. The molecule has 3 aromatic carbocycles. The zero-order valence-corrected chi connectivity index (χ0v) is 21.7. The number of amides is 2. The first-order valence-electron chi connectivity index (χ1n) is 11.8. The number of rotatable bonds is 9. The van der Waals surface area contributed by atoms with Gasteiger partial charge in [-0.2, -0.15) is 0 Å². The van der Waals surface area contributed by atoms with Crippen LogP contribution in [0, 0.1) is 0 Å². The van der Waals surface area contributed by atoms with E-state index >= 15 is 0 Å². The van der Waals surface area contributed by atoms with Crippen molar-refractivity contribution in [3.8, 4) is 11.5 Å². The van der Waals surface area contributed by atoms with E-state index in [0.29, 0.717) is 35.6 Å². The molecule has 1 aliphatic rings. The van der Waals surface area contributed by atoms with Gasteiger partial charge in [-0.3, -0.25) is 9.59 Å². The van der Waals surface area contributed by atoms with Crippen molar-refractivity contribution in [1.82, 2.24) is 9.62 Å². The van der Waals surface area contributed by atoms with Crippen LogP contribution in [0.1, 0.15) is 40.9 Å². The molecule has 0 aliphatic carbocycles. The minimum atomic E-state index is -4.04. The summed E-state index contributed by atoms with van der Waals surface area (Å²) >= 11 is 0. The number of carbonyl (C=O) groups is 2. The van der Waals surface area contributed by atoms with Crippen molar-refractivity contribution in [3.63, 3.8) is 0 Å². The molecule has 1 N–H and O–H groups in total. The highest BCUT2D eigenvalue weighted by molar-refractivity contribution is 7.99. The van der Waals surface area contributed by atoms with Gasteiger partial charge in [0.05, 0.1) is 20.3 Å². The third-order valence-electron chi connectivity index (χ3n) is 6.04. The predicted molar refractivity (Wildman–Crippen MR) is 140 cm³/mol. The van der Waals surface area contributed by atoms with Gasteiger partial charge in [-0.1, -0.05) is 30.3 Å². The SMILES string of the molecule is CCOc1ccccc1CNC(=O)c1ccc(CN2C(=O)C(C)=C(c3ccc(OC)cc3)S2(=O)=O)cc1. The number of methoxy groups -OCH3 is 1. The Kier molecular flexibility index (Phi) is 7.63. The van der Waals surface area contributed by atoms with Crippen molar-refractivity contribution in [3.05, 3.63) is 101 Å². The zero-order chi connectivity index (χ0) is 26.6. The molecule has 37 heavy (non-hydrogen) atoms. The first kappa shape index (κ1) is 26.0. The molecule has 0 aromatic heterocycles. The lowest BCUT2D eigenvalue weighted by Gasteiger charge is -2.17. The van der Waals surface area contributed by atoms with Gasteiger partial charge < -0.3 is 14.8 Å². The fourth-order valence-corrected chi connectivity index (χ4v) is 5.92. The van der Waals surface area contributed by atoms with Crippen LogP contribution in [-0.4, -0.2) is 38.3 Å². The van der Waals surface area contributed by atoms with Crippen LogP contribution in [0.25, 0.3) is 4.91 Å². The van der Waals surface area contributed by atoms with Crippen LogP contribution in [0.2, 0.25) is 0 Å². The molecule has 0 saturated heterocycles. The predicted octanol–water partition coefficient (Wildman–Crippen LogP) is 4.13. The maximum absolute atomic E-state index is 13.3. The Bertz CT molecular complexity index is 1440. The molecule has 0 radical (unpaired) electrons. The van der Waals surface area contributed by atoms with Gasteiger partial charge >= 0.3 is 0 Å². The maximum atomic E-state index is 13.3. The summed E-state index contributed by atoms with van der Waals surface area (Å²) in [4.78, 5) is 25.5. The Morgan fingerprint density at radius 3 is 2.30 bits per heavy atom. The van der Waals surface area contributed by atoms with E-state index in [4.69, 9.17) is 9.47 Å². The van der Waals surface area contributed by atoms with Crippen LogP contribution >= 0.6 is 0 Å². The fourth-order valence-electron chi connectivity index (χ4n) is 4.11. The Morgan fingerprint density at radius 2 is 1.65 bits per heavy atom. The fraction of sp³-hybridized carbons (Fsp3) is 0.214. The molecule has 1 heterocycles. The average Bonchev–Trinajstić information content (AvgIpc) is 3.07. The molecule has 2 amide bonds. The van der Waals surface area contributed by atoms with Crippen molar-refractivity contribution < 1.29 is 27.5 Å². The molecule has 0 fully saturated rings. The summed E-state index contributed by atoms with van der Waals surface area (Å²) < 4.78 is 38.2. The van der Waals surface area contributed by atoms with Crippen LogP contribution in [0.3, 0.4) is 0 Å². The Labute approximate surface area is 216 Å². The number of nitrogens with one attached hydrogen (secondary N) is 1. The van der Waals surface area contributed by atoms with Crippen LogP contribution in [-0.2, 0) is 27.9 Å². The summed E-state index contributed by atoms with van der Waals surface area (Å²) in [5.74, 6) is 0.459. The highest BCUT2D eigenvalue weighted by Crippen LogP contribution is 2.37. The molecule has 3 aromatic rings. The van der Waals surface area contributed by atoms with Gasteiger partial charge in [-0.15, -0.1) is 0 Å². The summed E-state index contributed by atoms with van der Waals surface area (Å²) in [6.07, 6.45) is 0. The number of carbonyl (C=O) groups excluding carboxylic acids is 2. The van der Waals surface area contributed by atoms with Crippen LogP contribution in [0.4, 0.5) is 0 Å². The topological polar surface area (TPSA) is 102 Å². The second-order valence-corrected chi connectivity index (χ2v) is 10.2. The molecule has 0 unspecified atom stereocenters. The molecule has 0 bridgehead atoms. The minimum Gasteiger partial charge on any atom is -0.497 e. The molecule has 1 aliphatic heterocycles. The quantitative estimate of drug-likeness (QED) is 0.455. The average molecular weight is 521 g/mol. The third-order valence-corrected chi connectivity index (χ3v) is 7.98. The lowest BCUT2D eigenvalue weighted by atomic mass is 10.1. The molecule has 0 atom stereocenters. The van der Waals surface area contributed by atoms with Gasteiger partial charge in [-0.05, 0) is 67.4 Å². The Morgan fingerprint density at radius 1 is 0.973 bits per heavy atom. The Balaban J connectivity index is 1.45. The van der Waals surface area contributed by atoms with Crippen LogP contribution in [0.15, 0.2) is 78.4 Å². The standard InChI is InChI=1S/C28H28N2O6S/c1-4-36-25-8-6-5-7-23(25)17-29-27(31)22-11-9-20(10-12-22)18-30-28(32)19(2)26(37(30,33)34)21-13-15-24(35-3)16-14-21/h5-16H,4,17-18H2,1-3H3,(H,29,31). The zero-order valence-electron chi connectivity index (χ0n) is 20.9. The maximum Gasteiger partial charge on any atom is 0.268 e. The van der Waals surface area contributed by atoms with E-state index in [1.807, 2.05) is 31.2 Å². The first-order valence-corrected chi connectivity index (χ1v) is 13.2. The molecule has 8 nitrogen and oxygen atoms in total. The molecular formula is C28H28N2O6S. The molecule has 4 rings (SSSR count). The molecule has 0 saturated carbocycles. The van der Waals surface area contributed by atoms with Gasteiger partial charge in [0, 0.05) is 23.2 Å². The summed E-state index contributed by atoms with van der Waals surface area (Å²) in [6, 6.07) is 20.5. The molecule has 0 spiro atoms. The largest absolute Gasteiger partial charge is 0.497 e. The number of benzene rings is 3. The van der Waals surface area contributed by atoms with Gasteiger partial charge in [0.15, 0.2) is 0 Å². The smallest absolute Gasteiger partial charge is 0.268 e.